The van der Waals surface area contributed by atoms with Crippen LogP contribution in [-0.2, 0) is 32.6 Å². The lowest BCUT2D eigenvalue weighted by atomic mass is 10.0. The molecule has 10 heteroatoms. The molecule has 4 aromatic rings. The van der Waals surface area contributed by atoms with Crippen LogP contribution < -0.4 is 9.62 Å². The summed E-state index contributed by atoms with van der Waals surface area (Å²) in [6.45, 7) is 4.99. The van der Waals surface area contributed by atoms with Crippen LogP contribution in [0.15, 0.2) is 119 Å². The Kier molecular flexibility index (Phi) is 10.6. The number of sulfonamides is 1. The van der Waals surface area contributed by atoms with Gasteiger partial charge in [0.1, 0.15) is 18.4 Å². The number of nitrogens with zero attached hydrogens (tertiary/aromatic N) is 2. The lowest BCUT2D eigenvalue weighted by Crippen LogP contribution is -2.56. The Hall–Kier alpha value is -4.02. The molecule has 4 rings (SSSR count). The Bertz CT molecular complexity index is 1660. The van der Waals surface area contributed by atoms with E-state index in [4.69, 9.17) is 0 Å². The van der Waals surface area contributed by atoms with Crippen LogP contribution in [0, 0.1) is 5.82 Å². The van der Waals surface area contributed by atoms with Gasteiger partial charge in [0.25, 0.3) is 10.0 Å². The van der Waals surface area contributed by atoms with E-state index >= 15 is 0 Å². The largest absolute Gasteiger partial charge is 0.350 e. The molecule has 4 aromatic carbocycles. The van der Waals surface area contributed by atoms with Crippen LogP contribution in [0.3, 0.4) is 0 Å². The second kappa shape index (κ2) is 14.2. The van der Waals surface area contributed by atoms with E-state index in [0.29, 0.717) is 0 Å². The van der Waals surface area contributed by atoms with Crippen LogP contribution >= 0.6 is 15.9 Å². The Morgan fingerprint density at radius 2 is 1.39 bits per heavy atom. The number of halogens is 2. The monoisotopic (exact) mass is 679 g/mol. The van der Waals surface area contributed by atoms with Crippen LogP contribution in [0.2, 0.25) is 0 Å². The van der Waals surface area contributed by atoms with Crippen molar-refractivity contribution in [1.29, 1.82) is 0 Å². The van der Waals surface area contributed by atoms with Gasteiger partial charge < -0.3 is 10.2 Å². The first-order valence-corrected chi connectivity index (χ1v) is 16.3. The van der Waals surface area contributed by atoms with E-state index in [1.165, 1.54) is 29.2 Å². The molecule has 1 N–H and O–H groups in total. The summed E-state index contributed by atoms with van der Waals surface area (Å²) in [4.78, 5) is 29.7. The van der Waals surface area contributed by atoms with E-state index in [1.807, 2.05) is 75.4 Å². The highest BCUT2D eigenvalue weighted by Gasteiger charge is 2.35. The van der Waals surface area contributed by atoms with Crippen LogP contribution in [0.4, 0.5) is 10.1 Å². The van der Waals surface area contributed by atoms with Crippen molar-refractivity contribution in [2.45, 2.75) is 50.2 Å². The number of hydrogen-bond acceptors (Lipinski definition) is 4. The van der Waals surface area contributed by atoms with Crippen molar-refractivity contribution in [2.75, 3.05) is 10.8 Å². The minimum absolute atomic E-state index is 0.0251. The zero-order valence-corrected chi connectivity index (χ0v) is 27.2. The van der Waals surface area contributed by atoms with Gasteiger partial charge in [-0.05, 0) is 80.4 Å². The summed E-state index contributed by atoms with van der Waals surface area (Å²) in [6.07, 6.45) is 0.201. The fourth-order valence-corrected chi connectivity index (χ4v) is 6.35. The Morgan fingerprint density at radius 3 is 1.95 bits per heavy atom. The number of amides is 2. The van der Waals surface area contributed by atoms with Gasteiger partial charge in [-0.25, -0.2) is 12.8 Å². The summed E-state index contributed by atoms with van der Waals surface area (Å²) in [5.41, 5.74) is 1.12. The number of anilines is 1. The van der Waals surface area contributed by atoms with Crippen molar-refractivity contribution >= 4 is 43.5 Å². The predicted octanol–water partition coefficient (Wildman–Crippen LogP) is 6.34. The Balaban J connectivity index is 1.80. The van der Waals surface area contributed by atoms with Gasteiger partial charge in [-0.3, -0.25) is 13.9 Å². The summed E-state index contributed by atoms with van der Waals surface area (Å²) in [5.74, 6) is -1.51. The van der Waals surface area contributed by atoms with Gasteiger partial charge in [-0.2, -0.15) is 0 Å². The number of benzene rings is 4. The number of rotatable bonds is 11. The maximum absolute atomic E-state index is 14.4. The molecule has 0 saturated heterocycles. The minimum atomic E-state index is -4.25. The number of hydrogen-bond donors (Lipinski definition) is 1. The second-order valence-corrected chi connectivity index (χ2v) is 14.2. The molecule has 7 nitrogen and oxygen atoms in total. The molecule has 0 saturated carbocycles. The maximum Gasteiger partial charge on any atom is 0.264 e. The molecule has 230 valence electrons. The standard InChI is InChI=1S/C34H35BrFN3O4S/c1-34(2,3)37-33(41)31(22-25-10-6-4-7-11-25)38(23-26-14-16-27(35)17-15-26)32(40)24-39(29-20-18-28(36)19-21-29)44(42,43)30-12-8-5-9-13-30/h4-21,31H,22-24H2,1-3H3,(H,37,41)/t31-/m0/s1. The third-order valence-corrected chi connectivity index (χ3v) is 9.08. The van der Waals surface area contributed by atoms with Crippen molar-refractivity contribution in [3.05, 3.63) is 131 Å². The van der Waals surface area contributed by atoms with Crippen molar-refractivity contribution in [3.8, 4) is 0 Å². The van der Waals surface area contributed by atoms with Gasteiger partial charge in [0.2, 0.25) is 11.8 Å². The fourth-order valence-electron chi connectivity index (χ4n) is 4.65. The quantitative estimate of drug-likeness (QED) is 0.201. The van der Waals surface area contributed by atoms with Gasteiger partial charge in [0.05, 0.1) is 10.6 Å². The molecule has 0 spiro atoms. The van der Waals surface area contributed by atoms with Gasteiger partial charge in [0, 0.05) is 23.0 Å². The molecular weight excluding hydrogens is 645 g/mol. The van der Waals surface area contributed by atoms with E-state index < -0.39 is 39.9 Å². The summed E-state index contributed by atoms with van der Waals surface area (Å²) in [7, 11) is -4.25. The van der Waals surface area contributed by atoms with Gasteiger partial charge in [-0.15, -0.1) is 0 Å². The molecule has 2 amide bonds. The molecule has 0 heterocycles. The average molecular weight is 681 g/mol. The third kappa shape index (κ3) is 8.76. The first-order chi connectivity index (χ1) is 20.8. The van der Waals surface area contributed by atoms with E-state index in [1.54, 1.807) is 18.2 Å². The number of carbonyl (C=O) groups excluding carboxylic acids is 2. The molecule has 0 radical (unpaired) electrons. The normalized spacial score (nSPS) is 12.3. The van der Waals surface area contributed by atoms with E-state index in [0.717, 1.165) is 32.0 Å². The molecule has 44 heavy (non-hydrogen) atoms. The van der Waals surface area contributed by atoms with E-state index in [2.05, 4.69) is 21.2 Å². The predicted molar refractivity (Wildman–Crippen MR) is 174 cm³/mol. The summed E-state index contributed by atoms with van der Waals surface area (Å²) in [5, 5.41) is 3.00. The highest BCUT2D eigenvalue weighted by molar-refractivity contribution is 9.10. The topological polar surface area (TPSA) is 86.8 Å². The number of carbonyl (C=O) groups is 2. The molecule has 0 fully saturated rings. The van der Waals surface area contributed by atoms with Crippen molar-refractivity contribution in [2.24, 2.45) is 0 Å². The highest BCUT2D eigenvalue weighted by Crippen LogP contribution is 2.25. The second-order valence-electron chi connectivity index (χ2n) is 11.4. The van der Waals surface area contributed by atoms with E-state index in [9.17, 15) is 22.4 Å². The van der Waals surface area contributed by atoms with Crippen LogP contribution in [0.25, 0.3) is 0 Å². The first-order valence-electron chi connectivity index (χ1n) is 14.1. The third-order valence-electron chi connectivity index (χ3n) is 6.76. The van der Waals surface area contributed by atoms with Crippen LogP contribution in [-0.4, -0.2) is 43.3 Å². The first kappa shape index (κ1) is 32.9. The van der Waals surface area contributed by atoms with Crippen LogP contribution in [0.5, 0.6) is 0 Å². The molecule has 0 aliphatic rings. The zero-order chi connectivity index (χ0) is 31.9. The smallest absolute Gasteiger partial charge is 0.264 e. The SMILES string of the molecule is CC(C)(C)NC(=O)[C@H](Cc1ccccc1)N(Cc1ccc(Br)cc1)C(=O)CN(c1ccc(F)cc1)S(=O)(=O)c1ccccc1. The summed E-state index contributed by atoms with van der Waals surface area (Å²) in [6, 6.07) is 28.4. The molecule has 0 bridgehead atoms. The minimum Gasteiger partial charge on any atom is -0.350 e. The molecule has 0 aliphatic carbocycles. The maximum atomic E-state index is 14.4. The Morgan fingerprint density at radius 1 is 0.818 bits per heavy atom. The highest BCUT2D eigenvalue weighted by atomic mass is 79.9. The van der Waals surface area contributed by atoms with Gasteiger partial charge >= 0.3 is 0 Å². The van der Waals surface area contributed by atoms with Gasteiger partial charge in [-0.1, -0.05) is 76.6 Å². The summed E-state index contributed by atoms with van der Waals surface area (Å²) >= 11 is 3.43. The molecule has 1 atom stereocenters. The number of nitrogens with one attached hydrogen (secondary N) is 1. The molecule has 0 unspecified atom stereocenters. The van der Waals surface area contributed by atoms with Crippen molar-refractivity contribution in [1.82, 2.24) is 10.2 Å². The summed E-state index contributed by atoms with van der Waals surface area (Å²) < 4.78 is 43.5. The van der Waals surface area contributed by atoms with Gasteiger partial charge in [0.15, 0.2) is 0 Å². The molecule has 0 aliphatic heterocycles. The molecular formula is C34H35BrFN3O4S. The Labute approximate surface area is 266 Å². The lowest BCUT2D eigenvalue weighted by Gasteiger charge is -2.35. The average Bonchev–Trinajstić information content (AvgIpc) is 2.99. The van der Waals surface area contributed by atoms with Crippen LogP contribution in [0.1, 0.15) is 31.9 Å². The molecule has 0 aromatic heterocycles. The fraction of sp³-hybridized carbons (Fsp3) is 0.235. The van der Waals surface area contributed by atoms with Crippen molar-refractivity contribution in [3.63, 3.8) is 0 Å². The van der Waals surface area contributed by atoms with Crippen molar-refractivity contribution < 1.29 is 22.4 Å². The van der Waals surface area contributed by atoms with E-state index in [-0.39, 0.29) is 29.5 Å². The zero-order valence-electron chi connectivity index (χ0n) is 24.8. The lowest BCUT2D eigenvalue weighted by molar-refractivity contribution is -0.140.